The standard InChI is InChI=1S/C19H22N4O3/c1-12-9-23(10-13(2)24-12)11-16-20-21-19(25-16)17-14(3)26-22-18(17)15-7-5-4-6-8-15/h4-8,12-13H,9-11H2,1-3H3/t12-,13-/m1/s1. The average molecular weight is 354 g/mol. The summed E-state index contributed by atoms with van der Waals surface area (Å²) in [6.45, 7) is 8.32. The molecule has 0 aliphatic carbocycles. The van der Waals surface area contributed by atoms with Crippen LogP contribution in [0.4, 0.5) is 0 Å². The molecule has 1 aliphatic rings. The summed E-state index contributed by atoms with van der Waals surface area (Å²) in [7, 11) is 0. The molecule has 1 aliphatic heterocycles. The Morgan fingerprint density at radius 2 is 1.81 bits per heavy atom. The molecule has 136 valence electrons. The van der Waals surface area contributed by atoms with E-state index in [9.17, 15) is 0 Å². The van der Waals surface area contributed by atoms with Gasteiger partial charge >= 0.3 is 0 Å². The van der Waals surface area contributed by atoms with Gasteiger partial charge in [0.1, 0.15) is 17.0 Å². The Balaban J connectivity index is 1.58. The second kappa shape index (κ2) is 7.01. The molecule has 0 bridgehead atoms. The number of aryl methyl sites for hydroxylation is 1. The second-order valence-corrected chi connectivity index (χ2v) is 6.78. The van der Waals surface area contributed by atoms with Crippen molar-refractivity contribution in [3.05, 3.63) is 42.0 Å². The molecule has 2 atom stereocenters. The lowest BCUT2D eigenvalue weighted by molar-refractivity contribution is -0.0721. The zero-order chi connectivity index (χ0) is 18.1. The number of benzene rings is 1. The van der Waals surface area contributed by atoms with E-state index in [1.54, 1.807) is 0 Å². The SMILES string of the molecule is Cc1onc(-c2ccccc2)c1-c1nnc(CN2C[C@@H](C)O[C@H](C)C2)o1. The summed E-state index contributed by atoms with van der Waals surface area (Å²) >= 11 is 0. The highest BCUT2D eigenvalue weighted by Gasteiger charge is 2.25. The Morgan fingerprint density at radius 3 is 2.54 bits per heavy atom. The predicted molar refractivity (Wildman–Crippen MR) is 95.3 cm³/mol. The molecule has 0 amide bonds. The number of hydrogen-bond acceptors (Lipinski definition) is 7. The van der Waals surface area contributed by atoms with Crippen molar-refractivity contribution < 1.29 is 13.7 Å². The Labute approximate surface area is 152 Å². The second-order valence-electron chi connectivity index (χ2n) is 6.78. The first-order valence-electron chi connectivity index (χ1n) is 8.82. The summed E-state index contributed by atoms with van der Waals surface area (Å²) in [5.41, 5.74) is 2.42. The van der Waals surface area contributed by atoms with Gasteiger partial charge in [-0.05, 0) is 20.8 Å². The Bertz CT molecular complexity index is 864. The van der Waals surface area contributed by atoms with Crippen LogP contribution < -0.4 is 0 Å². The van der Waals surface area contributed by atoms with E-state index in [2.05, 4.69) is 34.1 Å². The summed E-state index contributed by atoms with van der Waals surface area (Å²) in [6, 6.07) is 9.85. The van der Waals surface area contributed by atoms with Gasteiger partial charge in [-0.25, -0.2) is 0 Å². The van der Waals surface area contributed by atoms with E-state index in [0.717, 1.165) is 24.2 Å². The minimum absolute atomic E-state index is 0.200. The molecule has 3 heterocycles. The van der Waals surface area contributed by atoms with Gasteiger partial charge < -0.3 is 13.7 Å². The van der Waals surface area contributed by atoms with Crippen LogP contribution in [0.2, 0.25) is 0 Å². The number of morpholine rings is 1. The van der Waals surface area contributed by atoms with Crippen molar-refractivity contribution in [1.29, 1.82) is 0 Å². The van der Waals surface area contributed by atoms with Crippen LogP contribution in [0.5, 0.6) is 0 Å². The Hall–Kier alpha value is -2.51. The fourth-order valence-electron chi connectivity index (χ4n) is 3.44. The molecule has 0 N–H and O–H groups in total. The van der Waals surface area contributed by atoms with Gasteiger partial charge in [-0.1, -0.05) is 35.5 Å². The van der Waals surface area contributed by atoms with Crippen molar-refractivity contribution in [3.63, 3.8) is 0 Å². The molecule has 0 unspecified atom stereocenters. The maximum atomic E-state index is 5.94. The van der Waals surface area contributed by atoms with Crippen LogP contribution in [0.15, 0.2) is 39.3 Å². The van der Waals surface area contributed by atoms with Crippen molar-refractivity contribution >= 4 is 0 Å². The molecule has 0 radical (unpaired) electrons. The monoisotopic (exact) mass is 354 g/mol. The number of nitrogens with zero attached hydrogens (tertiary/aromatic N) is 4. The average Bonchev–Trinajstić information content (AvgIpc) is 3.21. The molecule has 0 saturated carbocycles. The van der Waals surface area contributed by atoms with Crippen LogP contribution >= 0.6 is 0 Å². The fourth-order valence-corrected chi connectivity index (χ4v) is 3.44. The van der Waals surface area contributed by atoms with Gasteiger partial charge in [0.05, 0.1) is 18.8 Å². The summed E-state index contributed by atoms with van der Waals surface area (Å²) in [5, 5.41) is 12.6. The summed E-state index contributed by atoms with van der Waals surface area (Å²) in [5.74, 6) is 1.68. The summed E-state index contributed by atoms with van der Waals surface area (Å²) in [6.07, 6.45) is 0.400. The van der Waals surface area contributed by atoms with Crippen molar-refractivity contribution in [1.82, 2.24) is 20.3 Å². The van der Waals surface area contributed by atoms with Crippen LogP contribution in [0, 0.1) is 6.92 Å². The largest absolute Gasteiger partial charge is 0.419 e. The number of hydrogen-bond donors (Lipinski definition) is 0. The van der Waals surface area contributed by atoms with E-state index >= 15 is 0 Å². The first kappa shape index (κ1) is 16.9. The van der Waals surface area contributed by atoms with E-state index in [4.69, 9.17) is 13.7 Å². The van der Waals surface area contributed by atoms with Gasteiger partial charge in [0.2, 0.25) is 5.89 Å². The molecule has 7 nitrogen and oxygen atoms in total. The van der Waals surface area contributed by atoms with Crippen molar-refractivity contribution in [3.8, 4) is 22.7 Å². The van der Waals surface area contributed by atoms with Crippen LogP contribution in [0.3, 0.4) is 0 Å². The first-order chi connectivity index (χ1) is 12.6. The molecule has 7 heteroatoms. The fraction of sp³-hybridized carbons (Fsp3) is 0.421. The van der Waals surface area contributed by atoms with Crippen LogP contribution in [0.25, 0.3) is 22.7 Å². The van der Waals surface area contributed by atoms with Gasteiger partial charge in [-0.15, -0.1) is 10.2 Å². The van der Waals surface area contributed by atoms with E-state index in [-0.39, 0.29) is 12.2 Å². The molecular formula is C19H22N4O3. The van der Waals surface area contributed by atoms with Gasteiger partial charge in [0, 0.05) is 18.7 Å². The van der Waals surface area contributed by atoms with Crippen molar-refractivity contribution in [2.45, 2.75) is 39.5 Å². The maximum absolute atomic E-state index is 5.94. The molecule has 4 rings (SSSR count). The van der Waals surface area contributed by atoms with Gasteiger partial charge in [-0.3, -0.25) is 4.90 Å². The lowest BCUT2D eigenvalue weighted by Gasteiger charge is -2.34. The van der Waals surface area contributed by atoms with Gasteiger partial charge in [0.25, 0.3) is 5.89 Å². The molecule has 0 spiro atoms. The van der Waals surface area contributed by atoms with Crippen molar-refractivity contribution in [2.75, 3.05) is 13.1 Å². The van der Waals surface area contributed by atoms with E-state index in [0.29, 0.717) is 29.8 Å². The summed E-state index contributed by atoms with van der Waals surface area (Å²) < 4.78 is 17.1. The van der Waals surface area contributed by atoms with Crippen LogP contribution in [-0.4, -0.2) is 45.6 Å². The molecule has 3 aromatic rings. The minimum Gasteiger partial charge on any atom is -0.419 e. The number of ether oxygens (including phenoxy) is 1. The Morgan fingerprint density at radius 1 is 1.08 bits per heavy atom. The highest BCUT2D eigenvalue weighted by Crippen LogP contribution is 2.33. The van der Waals surface area contributed by atoms with Gasteiger partial charge in [-0.2, -0.15) is 0 Å². The van der Waals surface area contributed by atoms with Crippen LogP contribution in [0.1, 0.15) is 25.5 Å². The third-order valence-corrected chi connectivity index (χ3v) is 4.44. The van der Waals surface area contributed by atoms with Crippen molar-refractivity contribution in [2.24, 2.45) is 0 Å². The summed E-state index contributed by atoms with van der Waals surface area (Å²) in [4.78, 5) is 2.27. The first-order valence-corrected chi connectivity index (χ1v) is 8.82. The highest BCUT2D eigenvalue weighted by atomic mass is 16.5. The van der Waals surface area contributed by atoms with E-state index < -0.39 is 0 Å². The highest BCUT2D eigenvalue weighted by molar-refractivity contribution is 5.77. The van der Waals surface area contributed by atoms with E-state index in [1.165, 1.54) is 0 Å². The van der Waals surface area contributed by atoms with E-state index in [1.807, 2.05) is 37.3 Å². The molecule has 26 heavy (non-hydrogen) atoms. The van der Waals surface area contributed by atoms with Crippen LogP contribution in [-0.2, 0) is 11.3 Å². The Kier molecular flexibility index (Phi) is 4.57. The van der Waals surface area contributed by atoms with Gasteiger partial charge in [0.15, 0.2) is 0 Å². The number of aromatic nitrogens is 3. The third kappa shape index (κ3) is 3.40. The number of rotatable bonds is 4. The zero-order valence-electron chi connectivity index (χ0n) is 15.2. The minimum atomic E-state index is 0.200. The topological polar surface area (TPSA) is 77.4 Å². The molecule has 1 saturated heterocycles. The molecule has 1 aromatic carbocycles. The molecular weight excluding hydrogens is 332 g/mol. The lowest BCUT2D eigenvalue weighted by atomic mass is 10.1. The molecule has 1 fully saturated rings. The normalized spacial score (nSPS) is 21.2. The smallest absolute Gasteiger partial charge is 0.253 e. The molecule has 2 aromatic heterocycles. The quantitative estimate of drug-likeness (QED) is 0.711. The third-order valence-electron chi connectivity index (χ3n) is 4.44. The zero-order valence-corrected chi connectivity index (χ0v) is 15.2. The lowest BCUT2D eigenvalue weighted by Crippen LogP contribution is -2.44. The maximum Gasteiger partial charge on any atom is 0.253 e. The predicted octanol–water partition coefficient (Wildman–Crippen LogP) is 3.31.